The maximum atomic E-state index is 14.0. The Morgan fingerprint density at radius 2 is 1.70 bits per heavy atom. The van der Waals surface area contributed by atoms with Crippen LogP contribution in [0.25, 0.3) is 10.9 Å². The van der Waals surface area contributed by atoms with E-state index in [9.17, 15) is 37.1 Å². The minimum Gasteiger partial charge on any atom is -0.459 e. The third kappa shape index (κ3) is 5.80. The zero-order valence-electron chi connectivity index (χ0n) is 23.2. The summed E-state index contributed by atoms with van der Waals surface area (Å²) < 4.78 is 45.0. The van der Waals surface area contributed by atoms with Crippen molar-refractivity contribution in [2.24, 2.45) is 0 Å². The number of halogens is 3. The van der Waals surface area contributed by atoms with Crippen LogP contribution in [0.4, 0.5) is 13.2 Å². The van der Waals surface area contributed by atoms with Gasteiger partial charge in [-0.15, -0.1) is 0 Å². The van der Waals surface area contributed by atoms with Gasteiger partial charge in [0.1, 0.15) is 12.4 Å². The summed E-state index contributed by atoms with van der Waals surface area (Å²) in [5, 5.41) is 4.76. The van der Waals surface area contributed by atoms with Crippen LogP contribution in [0.5, 0.6) is 0 Å². The molecular weight excluding hydrogens is 581 g/mol. The lowest BCUT2D eigenvalue weighted by atomic mass is 9.87. The number of nitrogens with one attached hydrogen (secondary N) is 2. The van der Waals surface area contributed by atoms with Crippen LogP contribution >= 0.6 is 0 Å². The molecule has 10 nitrogen and oxygen atoms in total. The zero-order valence-corrected chi connectivity index (χ0v) is 23.2. The molecule has 1 atom stereocenters. The second kappa shape index (κ2) is 11.7. The molecule has 1 aliphatic rings. The number of hydrogen-bond donors (Lipinski definition) is 2. The number of imide groups is 1. The summed E-state index contributed by atoms with van der Waals surface area (Å²) >= 11 is 0. The molecule has 0 aliphatic carbocycles. The molecule has 0 unspecified atom stereocenters. The Morgan fingerprint density at radius 3 is 2.36 bits per heavy atom. The molecule has 1 fully saturated rings. The van der Waals surface area contributed by atoms with E-state index in [1.165, 1.54) is 19.1 Å². The number of benzene rings is 3. The number of aryl methyl sites for hydroxylation is 1. The van der Waals surface area contributed by atoms with E-state index in [2.05, 4.69) is 15.6 Å². The Hall–Kier alpha value is -5.33. The molecular formula is C31H25F3N4O6. The predicted octanol–water partition coefficient (Wildman–Crippen LogP) is 3.53. The lowest BCUT2D eigenvalue weighted by molar-refractivity contribution is -0.164. The van der Waals surface area contributed by atoms with Crippen molar-refractivity contribution in [2.45, 2.75) is 44.6 Å². The van der Waals surface area contributed by atoms with Crippen LogP contribution in [0, 0.1) is 6.92 Å². The fraction of sp³-hybridized carbons (Fsp3) is 0.226. The van der Waals surface area contributed by atoms with Gasteiger partial charge in [-0.25, -0.2) is 9.78 Å². The molecule has 226 valence electrons. The van der Waals surface area contributed by atoms with Gasteiger partial charge >= 0.3 is 12.1 Å². The Balaban J connectivity index is 1.46. The summed E-state index contributed by atoms with van der Waals surface area (Å²) in [6.07, 6.45) is -5.10. The van der Waals surface area contributed by atoms with Crippen LogP contribution in [-0.2, 0) is 44.0 Å². The Bertz CT molecular complexity index is 1840. The first-order valence-corrected chi connectivity index (χ1v) is 13.4. The van der Waals surface area contributed by atoms with Crippen molar-refractivity contribution in [3.05, 3.63) is 111 Å². The number of rotatable bonds is 7. The lowest BCUT2D eigenvalue weighted by Gasteiger charge is -2.35. The summed E-state index contributed by atoms with van der Waals surface area (Å²) in [6.45, 7) is 1.18. The molecule has 1 aromatic heterocycles. The van der Waals surface area contributed by atoms with Crippen molar-refractivity contribution in [1.29, 1.82) is 0 Å². The molecule has 3 amide bonds. The van der Waals surface area contributed by atoms with Crippen LogP contribution in [0.1, 0.15) is 45.7 Å². The molecule has 0 saturated carbocycles. The minimum absolute atomic E-state index is 0.00671. The predicted molar refractivity (Wildman–Crippen MR) is 150 cm³/mol. The largest absolute Gasteiger partial charge is 0.459 e. The van der Waals surface area contributed by atoms with Gasteiger partial charge in [0.2, 0.25) is 11.4 Å². The highest BCUT2D eigenvalue weighted by molar-refractivity contribution is 6.13. The number of carbonyl (C=O) groups excluding carboxylic acids is 4. The van der Waals surface area contributed by atoms with Crippen molar-refractivity contribution < 1.29 is 37.1 Å². The molecule has 3 aromatic carbocycles. The first-order chi connectivity index (χ1) is 20.9. The fourth-order valence-electron chi connectivity index (χ4n) is 5.04. The number of amides is 3. The van der Waals surface area contributed by atoms with Gasteiger partial charge in [0.25, 0.3) is 17.4 Å². The molecule has 44 heavy (non-hydrogen) atoms. The van der Waals surface area contributed by atoms with Gasteiger partial charge in [0.05, 0.1) is 16.5 Å². The third-order valence-electron chi connectivity index (χ3n) is 7.30. The van der Waals surface area contributed by atoms with Gasteiger partial charge in [-0.05, 0) is 60.9 Å². The van der Waals surface area contributed by atoms with E-state index in [4.69, 9.17) is 4.74 Å². The standard InChI is InChI=1S/C31H25F3N4O6/c1-18-36-24-12-7-20(16-35-26(40)21-8-10-22(11-9-21)31(32,33)34)15-23(24)27(41)38(18)30(14-13-25(39)37-28(30)42)29(43)44-17-19-5-3-2-4-6-19/h2-12,15H,13-14,16-17H2,1H3,(H,35,40)(H,37,39,42)/t30-/m1/s1. The molecule has 5 rings (SSSR count). The molecule has 0 spiro atoms. The summed E-state index contributed by atoms with van der Waals surface area (Å²) in [5.74, 6) is -3.25. The minimum atomic E-state index is -4.54. The molecule has 1 aliphatic heterocycles. The number of ether oxygens (including phenoxy) is 1. The average molecular weight is 607 g/mol. The molecule has 0 bridgehead atoms. The van der Waals surface area contributed by atoms with Crippen molar-refractivity contribution in [3.63, 3.8) is 0 Å². The van der Waals surface area contributed by atoms with E-state index in [0.717, 1.165) is 28.8 Å². The molecule has 2 N–H and O–H groups in total. The van der Waals surface area contributed by atoms with Crippen LogP contribution in [0.2, 0.25) is 0 Å². The van der Waals surface area contributed by atoms with Crippen molar-refractivity contribution in [1.82, 2.24) is 20.2 Å². The van der Waals surface area contributed by atoms with E-state index < -0.39 is 46.5 Å². The highest BCUT2D eigenvalue weighted by Crippen LogP contribution is 2.31. The summed E-state index contributed by atoms with van der Waals surface area (Å²) in [4.78, 5) is 70.0. The Morgan fingerprint density at radius 1 is 1.00 bits per heavy atom. The summed E-state index contributed by atoms with van der Waals surface area (Å²) in [6, 6.07) is 17.0. The third-order valence-corrected chi connectivity index (χ3v) is 7.30. The second-order valence-electron chi connectivity index (χ2n) is 10.2. The number of aromatic nitrogens is 2. The van der Waals surface area contributed by atoms with E-state index in [0.29, 0.717) is 11.1 Å². The normalized spacial score (nSPS) is 16.8. The van der Waals surface area contributed by atoms with E-state index in [1.54, 1.807) is 36.4 Å². The van der Waals surface area contributed by atoms with E-state index in [1.807, 2.05) is 0 Å². The smallest absolute Gasteiger partial charge is 0.416 e. The van der Waals surface area contributed by atoms with Crippen molar-refractivity contribution in [2.75, 3.05) is 0 Å². The van der Waals surface area contributed by atoms with Gasteiger partial charge in [0, 0.05) is 18.5 Å². The van der Waals surface area contributed by atoms with Gasteiger partial charge in [-0.3, -0.25) is 29.1 Å². The van der Waals surface area contributed by atoms with Crippen molar-refractivity contribution >= 4 is 34.6 Å². The summed E-state index contributed by atoms with van der Waals surface area (Å²) in [5.41, 5.74) is -2.50. The van der Waals surface area contributed by atoms with E-state index in [-0.39, 0.29) is 48.3 Å². The number of hydrogen-bond acceptors (Lipinski definition) is 7. The maximum Gasteiger partial charge on any atom is 0.416 e. The first kappa shape index (κ1) is 30.1. The number of alkyl halides is 3. The van der Waals surface area contributed by atoms with Crippen LogP contribution in [0.15, 0.2) is 77.6 Å². The monoisotopic (exact) mass is 606 g/mol. The van der Waals surface area contributed by atoms with Crippen molar-refractivity contribution in [3.8, 4) is 0 Å². The topological polar surface area (TPSA) is 136 Å². The molecule has 13 heteroatoms. The number of piperidine rings is 1. The van der Waals surface area contributed by atoms with Gasteiger partial charge in [-0.1, -0.05) is 36.4 Å². The molecule has 0 radical (unpaired) electrons. The molecule has 2 heterocycles. The van der Waals surface area contributed by atoms with Crippen LogP contribution in [0.3, 0.4) is 0 Å². The average Bonchev–Trinajstić information content (AvgIpc) is 3.00. The Labute approximate surface area is 247 Å². The molecule has 4 aromatic rings. The zero-order chi connectivity index (χ0) is 31.6. The maximum absolute atomic E-state index is 14.0. The number of esters is 1. The Kier molecular flexibility index (Phi) is 8.05. The first-order valence-electron chi connectivity index (χ1n) is 13.4. The highest BCUT2D eigenvalue weighted by Gasteiger charge is 2.54. The van der Waals surface area contributed by atoms with Gasteiger partial charge in [0.15, 0.2) is 0 Å². The van der Waals surface area contributed by atoms with Gasteiger partial charge in [-0.2, -0.15) is 13.2 Å². The number of fused-ring (bicyclic) bond motifs is 1. The lowest BCUT2D eigenvalue weighted by Crippen LogP contribution is -2.62. The SMILES string of the molecule is Cc1nc2ccc(CNC(=O)c3ccc(C(F)(F)F)cc3)cc2c(=O)n1[C@]1(C(=O)OCc2ccccc2)CCC(=O)NC1=O. The number of carbonyl (C=O) groups is 4. The van der Waals surface area contributed by atoms with E-state index >= 15 is 0 Å². The number of nitrogens with zero attached hydrogens (tertiary/aromatic N) is 2. The summed E-state index contributed by atoms with van der Waals surface area (Å²) in [7, 11) is 0. The quantitative estimate of drug-likeness (QED) is 0.187. The van der Waals surface area contributed by atoms with Crippen LogP contribution < -0.4 is 16.2 Å². The van der Waals surface area contributed by atoms with Gasteiger partial charge < -0.3 is 10.1 Å². The highest BCUT2D eigenvalue weighted by atomic mass is 19.4. The molecule has 1 saturated heterocycles. The second-order valence-corrected chi connectivity index (χ2v) is 10.2. The fourth-order valence-corrected chi connectivity index (χ4v) is 5.04. The van der Waals surface area contributed by atoms with Crippen LogP contribution in [-0.4, -0.2) is 33.2 Å².